The summed E-state index contributed by atoms with van der Waals surface area (Å²) in [4.78, 5) is 0. The van der Waals surface area contributed by atoms with Crippen molar-refractivity contribution in [2.45, 2.75) is 64.3 Å². The maximum Gasteiger partial charge on any atom is 0.00723 e. The van der Waals surface area contributed by atoms with Crippen LogP contribution < -0.4 is 5.73 Å². The fraction of sp³-hybridized carbons (Fsp3) is 1.00. The Labute approximate surface area is 88.4 Å². The molecule has 1 heteroatoms. The van der Waals surface area contributed by atoms with Crippen molar-refractivity contribution in [3.05, 3.63) is 0 Å². The molecule has 14 heavy (non-hydrogen) atoms. The van der Waals surface area contributed by atoms with Crippen molar-refractivity contribution in [2.24, 2.45) is 23.5 Å². The smallest absolute Gasteiger partial charge is 0.00723 e. The van der Waals surface area contributed by atoms with Crippen LogP contribution in [0.5, 0.6) is 0 Å². The lowest BCUT2D eigenvalue weighted by molar-refractivity contribution is 0.296. The van der Waals surface area contributed by atoms with Crippen molar-refractivity contribution >= 4 is 0 Å². The summed E-state index contributed by atoms with van der Waals surface area (Å²) >= 11 is 0. The molecule has 82 valence electrons. The molecular formula is C13H25N. The van der Waals surface area contributed by atoms with Crippen LogP contribution in [0.3, 0.4) is 0 Å². The molecule has 2 aliphatic rings. The van der Waals surface area contributed by atoms with E-state index in [-0.39, 0.29) is 0 Å². The molecule has 3 unspecified atom stereocenters. The Morgan fingerprint density at radius 3 is 2.36 bits per heavy atom. The molecule has 0 aromatic heterocycles. The monoisotopic (exact) mass is 195 g/mol. The largest absolute Gasteiger partial charge is 0.327 e. The van der Waals surface area contributed by atoms with Crippen molar-refractivity contribution in [1.82, 2.24) is 0 Å². The van der Waals surface area contributed by atoms with Gasteiger partial charge in [0, 0.05) is 6.04 Å². The summed E-state index contributed by atoms with van der Waals surface area (Å²) in [7, 11) is 0. The van der Waals surface area contributed by atoms with Gasteiger partial charge in [0.15, 0.2) is 0 Å². The first-order valence-electron chi connectivity index (χ1n) is 6.53. The van der Waals surface area contributed by atoms with Gasteiger partial charge in [-0.3, -0.25) is 0 Å². The van der Waals surface area contributed by atoms with E-state index in [0.29, 0.717) is 6.04 Å². The first kappa shape index (κ1) is 10.5. The first-order valence-corrected chi connectivity index (χ1v) is 6.53. The molecule has 2 aliphatic carbocycles. The van der Waals surface area contributed by atoms with E-state index in [1.807, 2.05) is 0 Å². The molecule has 0 radical (unpaired) electrons. The molecule has 2 N–H and O–H groups in total. The van der Waals surface area contributed by atoms with Crippen molar-refractivity contribution < 1.29 is 0 Å². The van der Waals surface area contributed by atoms with Gasteiger partial charge in [-0.25, -0.2) is 0 Å². The number of hydrogen-bond acceptors (Lipinski definition) is 1. The molecule has 0 spiro atoms. The van der Waals surface area contributed by atoms with E-state index in [0.717, 1.165) is 17.8 Å². The van der Waals surface area contributed by atoms with Crippen LogP contribution in [0.1, 0.15) is 58.3 Å². The molecule has 0 heterocycles. The van der Waals surface area contributed by atoms with E-state index >= 15 is 0 Å². The lowest BCUT2D eigenvalue weighted by Gasteiger charge is -2.25. The van der Waals surface area contributed by atoms with E-state index in [1.165, 1.54) is 51.4 Å². The van der Waals surface area contributed by atoms with Crippen LogP contribution in [-0.2, 0) is 0 Å². The minimum Gasteiger partial charge on any atom is -0.327 e. The topological polar surface area (TPSA) is 26.0 Å². The zero-order chi connectivity index (χ0) is 9.97. The first-order chi connectivity index (χ1) is 6.77. The van der Waals surface area contributed by atoms with E-state index in [9.17, 15) is 0 Å². The Morgan fingerprint density at radius 2 is 1.79 bits per heavy atom. The summed E-state index contributed by atoms with van der Waals surface area (Å²) in [5, 5.41) is 0. The number of rotatable bonds is 3. The molecule has 0 amide bonds. The average molecular weight is 195 g/mol. The van der Waals surface area contributed by atoms with Crippen LogP contribution in [0.25, 0.3) is 0 Å². The molecule has 1 nitrogen and oxygen atoms in total. The molecule has 0 bridgehead atoms. The molecule has 2 rings (SSSR count). The van der Waals surface area contributed by atoms with Gasteiger partial charge in [0.05, 0.1) is 0 Å². The highest BCUT2D eigenvalue weighted by Gasteiger charge is 2.30. The highest BCUT2D eigenvalue weighted by molar-refractivity contribution is 4.85. The normalized spacial score (nSPS) is 36.4. The lowest BCUT2D eigenvalue weighted by Crippen LogP contribution is -2.33. The third-order valence-corrected chi connectivity index (χ3v) is 4.56. The molecule has 2 saturated carbocycles. The predicted octanol–water partition coefficient (Wildman–Crippen LogP) is 3.33. The van der Waals surface area contributed by atoms with Crippen LogP contribution in [0, 0.1) is 17.8 Å². The van der Waals surface area contributed by atoms with E-state index in [4.69, 9.17) is 5.73 Å². The van der Waals surface area contributed by atoms with Crippen molar-refractivity contribution in [1.29, 1.82) is 0 Å². The van der Waals surface area contributed by atoms with Gasteiger partial charge in [0.25, 0.3) is 0 Å². The highest BCUT2D eigenvalue weighted by Crippen LogP contribution is 2.37. The van der Waals surface area contributed by atoms with Crippen LogP contribution in [0.15, 0.2) is 0 Å². The maximum atomic E-state index is 6.35. The zero-order valence-electron chi connectivity index (χ0n) is 9.54. The number of hydrogen-bond donors (Lipinski definition) is 1. The third kappa shape index (κ3) is 2.31. The van der Waals surface area contributed by atoms with Crippen molar-refractivity contribution in [3.8, 4) is 0 Å². The fourth-order valence-electron chi connectivity index (χ4n) is 3.62. The van der Waals surface area contributed by atoms with Crippen molar-refractivity contribution in [2.75, 3.05) is 0 Å². The summed E-state index contributed by atoms with van der Waals surface area (Å²) in [5.41, 5.74) is 6.35. The van der Waals surface area contributed by atoms with Crippen LogP contribution in [-0.4, -0.2) is 6.04 Å². The summed E-state index contributed by atoms with van der Waals surface area (Å²) in [6.07, 6.45) is 11.4. The van der Waals surface area contributed by atoms with Gasteiger partial charge >= 0.3 is 0 Å². The van der Waals surface area contributed by atoms with Gasteiger partial charge in [-0.05, 0) is 30.6 Å². The summed E-state index contributed by atoms with van der Waals surface area (Å²) in [6, 6.07) is 0.510. The molecule has 0 aromatic carbocycles. The van der Waals surface area contributed by atoms with Gasteiger partial charge in [0.1, 0.15) is 0 Å². The fourth-order valence-corrected chi connectivity index (χ4v) is 3.62. The van der Waals surface area contributed by atoms with E-state index in [1.54, 1.807) is 0 Å². The minimum absolute atomic E-state index is 0.510. The Hall–Kier alpha value is -0.0400. The summed E-state index contributed by atoms with van der Waals surface area (Å²) < 4.78 is 0. The van der Waals surface area contributed by atoms with Crippen molar-refractivity contribution in [3.63, 3.8) is 0 Å². The van der Waals surface area contributed by atoms with Crippen LogP contribution in [0.2, 0.25) is 0 Å². The number of nitrogens with two attached hydrogens (primary N) is 1. The zero-order valence-corrected chi connectivity index (χ0v) is 9.54. The highest BCUT2D eigenvalue weighted by atomic mass is 14.7. The van der Waals surface area contributed by atoms with E-state index in [2.05, 4.69) is 6.92 Å². The molecule has 3 atom stereocenters. The molecule has 0 saturated heterocycles. The Balaban J connectivity index is 1.78. The molecular weight excluding hydrogens is 170 g/mol. The van der Waals surface area contributed by atoms with Crippen LogP contribution >= 0.6 is 0 Å². The second kappa shape index (κ2) is 4.65. The van der Waals surface area contributed by atoms with Gasteiger partial charge in [-0.2, -0.15) is 0 Å². The van der Waals surface area contributed by atoms with Gasteiger partial charge in [-0.15, -0.1) is 0 Å². The Bertz CT molecular complexity index is 172. The molecule has 0 aliphatic heterocycles. The molecule has 0 aromatic rings. The van der Waals surface area contributed by atoms with Crippen LogP contribution in [0.4, 0.5) is 0 Å². The summed E-state index contributed by atoms with van der Waals surface area (Å²) in [6.45, 7) is 2.40. The second-order valence-electron chi connectivity index (χ2n) is 5.62. The standard InChI is InChI=1S/C13H25N/c1-10-5-4-8-12(10)13(14)9-11-6-2-3-7-11/h10-13H,2-9,14H2,1H3. The SMILES string of the molecule is CC1CCCC1C(N)CC1CCCC1. The quantitative estimate of drug-likeness (QED) is 0.734. The predicted molar refractivity (Wildman–Crippen MR) is 61.1 cm³/mol. The summed E-state index contributed by atoms with van der Waals surface area (Å²) in [5.74, 6) is 2.71. The average Bonchev–Trinajstić information content (AvgIpc) is 2.75. The minimum atomic E-state index is 0.510. The molecule has 2 fully saturated rings. The second-order valence-corrected chi connectivity index (χ2v) is 5.62. The maximum absolute atomic E-state index is 6.35. The van der Waals surface area contributed by atoms with Gasteiger partial charge in [0.2, 0.25) is 0 Å². The third-order valence-electron chi connectivity index (χ3n) is 4.56. The van der Waals surface area contributed by atoms with Gasteiger partial charge in [-0.1, -0.05) is 45.4 Å². The van der Waals surface area contributed by atoms with Gasteiger partial charge < -0.3 is 5.73 Å². The Kier molecular flexibility index (Phi) is 3.48. The van der Waals surface area contributed by atoms with E-state index < -0.39 is 0 Å². The lowest BCUT2D eigenvalue weighted by atomic mass is 9.85. The Morgan fingerprint density at radius 1 is 1.07 bits per heavy atom.